The first-order chi connectivity index (χ1) is 7.20. The highest BCUT2D eigenvalue weighted by atomic mass is 32.2. The second-order valence-corrected chi connectivity index (χ2v) is 4.96. The van der Waals surface area contributed by atoms with Gasteiger partial charge in [-0.2, -0.15) is 0 Å². The van der Waals surface area contributed by atoms with Crippen LogP contribution in [0.3, 0.4) is 0 Å². The minimum absolute atomic E-state index is 0.0381. The largest absolute Gasteiger partial charge is 0.333 e. The quantitative estimate of drug-likeness (QED) is 0.344. The molecule has 0 spiro atoms. The number of nitro groups is 1. The average molecular weight is 245 g/mol. The van der Waals surface area contributed by atoms with Crippen molar-refractivity contribution in [2.75, 3.05) is 11.5 Å². The summed E-state index contributed by atoms with van der Waals surface area (Å²) in [5, 5.41) is 11.8. The maximum Gasteiger partial charge on any atom is 0.333 e. The van der Waals surface area contributed by atoms with Crippen LogP contribution in [0.2, 0.25) is 0 Å². The molecule has 7 heteroatoms. The number of thioether (sulfide) groups is 2. The molecule has 0 amide bonds. The van der Waals surface area contributed by atoms with E-state index in [1.54, 1.807) is 0 Å². The van der Waals surface area contributed by atoms with Crippen molar-refractivity contribution in [3.8, 4) is 0 Å². The van der Waals surface area contributed by atoms with Crippen LogP contribution in [-0.4, -0.2) is 26.4 Å². The van der Waals surface area contributed by atoms with Gasteiger partial charge in [0, 0.05) is 0 Å². The zero-order valence-corrected chi connectivity index (χ0v) is 10.1. The lowest BCUT2D eigenvalue weighted by Crippen LogP contribution is -1.98. The van der Waals surface area contributed by atoms with Gasteiger partial charge in [-0.15, -0.1) is 0 Å². The molecule has 0 aliphatic carbocycles. The van der Waals surface area contributed by atoms with Gasteiger partial charge in [0.05, 0.1) is 4.92 Å². The standard InChI is InChI=1S/C8H11N3O2S2/c1-3-14-7-6(11(12)13)8(15-4-2)10-5-9-7/h5H,3-4H2,1-2H3. The highest BCUT2D eigenvalue weighted by Gasteiger charge is 2.22. The first-order valence-electron chi connectivity index (χ1n) is 4.45. The van der Waals surface area contributed by atoms with Crippen LogP contribution in [0.25, 0.3) is 0 Å². The summed E-state index contributed by atoms with van der Waals surface area (Å²) < 4.78 is 0. The first kappa shape index (κ1) is 12.3. The van der Waals surface area contributed by atoms with Gasteiger partial charge in [-0.05, 0) is 11.5 Å². The minimum atomic E-state index is -0.407. The molecule has 1 rings (SSSR count). The Bertz CT molecular complexity index is 335. The molecule has 0 radical (unpaired) electrons. The van der Waals surface area contributed by atoms with Crippen molar-refractivity contribution >= 4 is 29.2 Å². The molecule has 1 aromatic rings. The molecule has 0 aromatic carbocycles. The van der Waals surface area contributed by atoms with E-state index in [4.69, 9.17) is 0 Å². The molecule has 0 aliphatic heterocycles. The molecular formula is C8H11N3O2S2. The van der Waals surface area contributed by atoms with Gasteiger partial charge in [0.1, 0.15) is 6.33 Å². The average Bonchev–Trinajstić information content (AvgIpc) is 2.18. The number of aromatic nitrogens is 2. The minimum Gasteiger partial charge on any atom is -0.258 e. The van der Waals surface area contributed by atoms with Crippen LogP contribution in [0.1, 0.15) is 13.8 Å². The van der Waals surface area contributed by atoms with Gasteiger partial charge in [0.15, 0.2) is 10.1 Å². The van der Waals surface area contributed by atoms with Crippen LogP contribution in [0.4, 0.5) is 5.69 Å². The zero-order chi connectivity index (χ0) is 11.3. The molecule has 0 fully saturated rings. The zero-order valence-electron chi connectivity index (χ0n) is 8.47. The Morgan fingerprint density at radius 1 is 1.27 bits per heavy atom. The number of hydrogen-bond acceptors (Lipinski definition) is 6. The molecule has 0 bridgehead atoms. The molecule has 0 N–H and O–H groups in total. The third kappa shape index (κ3) is 3.07. The molecule has 0 unspecified atom stereocenters. The van der Waals surface area contributed by atoms with Crippen molar-refractivity contribution < 1.29 is 4.92 Å². The van der Waals surface area contributed by atoms with E-state index in [-0.39, 0.29) is 5.69 Å². The van der Waals surface area contributed by atoms with Crippen LogP contribution in [0, 0.1) is 10.1 Å². The molecular weight excluding hydrogens is 234 g/mol. The highest BCUT2D eigenvalue weighted by molar-refractivity contribution is 8.00. The Hall–Kier alpha value is -0.820. The Kier molecular flexibility index (Phi) is 4.83. The second-order valence-electron chi connectivity index (χ2n) is 2.46. The van der Waals surface area contributed by atoms with Gasteiger partial charge in [-0.3, -0.25) is 10.1 Å². The fourth-order valence-corrected chi connectivity index (χ4v) is 2.46. The van der Waals surface area contributed by atoms with E-state index in [2.05, 4.69) is 9.97 Å². The summed E-state index contributed by atoms with van der Waals surface area (Å²) in [7, 11) is 0. The van der Waals surface area contributed by atoms with E-state index in [1.807, 2.05) is 13.8 Å². The summed E-state index contributed by atoms with van der Waals surface area (Å²) in [6.45, 7) is 3.87. The molecule has 82 valence electrons. The molecule has 1 heterocycles. The molecule has 5 nitrogen and oxygen atoms in total. The van der Waals surface area contributed by atoms with Crippen LogP contribution in [0.5, 0.6) is 0 Å². The van der Waals surface area contributed by atoms with Crippen LogP contribution in [0.15, 0.2) is 16.4 Å². The van der Waals surface area contributed by atoms with Gasteiger partial charge >= 0.3 is 5.69 Å². The monoisotopic (exact) mass is 245 g/mol. The Labute approximate surface area is 96.2 Å². The lowest BCUT2D eigenvalue weighted by atomic mass is 10.5. The second kappa shape index (κ2) is 5.92. The molecule has 1 aromatic heterocycles. The van der Waals surface area contributed by atoms with E-state index in [0.29, 0.717) is 10.1 Å². The number of rotatable bonds is 5. The number of nitrogens with zero attached hydrogens (tertiary/aromatic N) is 3. The smallest absolute Gasteiger partial charge is 0.258 e. The first-order valence-corrected chi connectivity index (χ1v) is 6.42. The van der Waals surface area contributed by atoms with Crippen molar-refractivity contribution in [3.05, 3.63) is 16.4 Å². The Balaban J connectivity index is 3.15. The third-order valence-corrected chi connectivity index (χ3v) is 3.22. The third-order valence-electron chi connectivity index (χ3n) is 1.50. The molecule has 0 atom stereocenters. The van der Waals surface area contributed by atoms with Gasteiger partial charge in [0.2, 0.25) is 0 Å². The maximum absolute atomic E-state index is 10.9. The molecule has 0 saturated carbocycles. The highest BCUT2D eigenvalue weighted by Crippen LogP contribution is 2.33. The molecule has 15 heavy (non-hydrogen) atoms. The maximum atomic E-state index is 10.9. The summed E-state index contributed by atoms with van der Waals surface area (Å²) in [6.07, 6.45) is 1.38. The van der Waals surface area contributed by atoms with E-state index in [9.17, 15) is 10.1 Å². The van der Waals surface area contributed by atoms with Crippen LogP contribution in [-0.2, 0) is 0 Å². The summed E-state index contributed by atoms with van der Waals surface area (Å²) in [4.78, 5) is 18.3. The van der Waals surface area contributed by atoms with Crippen LogP contribution < -0.4 is 0 Å². The van der Waals surface area contributed by atoms with Gasteiger partial charge in [-0.25, -0.2) is 9.97 Å². The SMILES string of the molecule is CCSc1ncnc(SCC)c1[N+](=O)[O-]. The lowest BCUT2D eigenvalue weighted by molar-refractivity contribution is -0.391. The van der Waals surface area contributed by atoms with Gasteiger partial charge < -0.3 is 0 Å². The fraction of sp³-hybridized carbons (Fsp3) is 0.500. The normalized spacial score (nSPS) is 10.3. The Morgan fingerprint density at radius 3 is 2.07 bits per heavy atom. The number of hydrogen-bond donors (Lipinski definition) is 0. The lowest BCUT2D eigenvalue weighted by Gasteiger charge is -2.03. The summed E-state index contributed by atoms with van der Waals surface area (Å²) in [5.41, 5.74) is 0.0381. The van der Waals surface area contributed by atoms with E-state index in [0.717, 1.165) is 11.5 Å². The topological polar surface area (TPSA) is 68.9 Å². The molecule has 0 aliphatic rings. The predicted molar refractivity (Wildman–Crippen MR) is 61.5 cm³/mol. The van der Waals surface area contributed by atoms with E-state index >= 15 is 0 Å². The van der Waals surface area contributed by atoms with E-state index in [1.165, 1.54) is 29.9 Å². The van der Waals surface area contributed by atoms with Crippen molar-refractivity contribution in [3.63, 3.8) is 0 Å². The molecule has 0 saturated heterocycles. The van der Waals surface area contributed by atoms with E-state index < -0.39 is 4.92 Å². The van der Waals surface area contributed by atoms with Crippen molar-refractivity contribution in [1.82, 2.24) is 9.97 Å². The summed E-state index contributed by atoms with van der Waals surface area (Å²) in [5.74, 6) is 1.52. The summed E-state index contributed by atoms with van der Waals surface area (Å²) >= 11 is 2.73. The van der Waals surface area contributed by atoms with Gasteiger partial charge in [0.25, 0.3) is 0 Å². The van der Waals surface area contributed by atoms with Gasteiger partial charge in [-0.1, -0.05) is 37.4 Å². The summed E-state index contributed by atoms with van der Waals surface area (Å²) in [6, 6.07) is 0. The van der Waals surface area contributed by atoms with Crippen LogP contribution >= 0.6 is 23.5 Å². The van der Waals surface area contributed by atoms with Crippen molar-refractivity contribution in [1.29, 1.82) is 0 Å². The fourth-order valence-electron chi connectivity index (χ4n) is 0.988. The van der Waals surface area contributed by atoms with Crippen molar-refractivity contribution in [2.24, 2.45) is 0 Å². The predicted octanol–water partition coefficient (Wildman–Crippen LogP) is 2.61. The Morgan fingerprint density at radius 2 is 1.73 bits per heavy atom. The van der Waals surface area contributed by atoms with Crippen molar-refractivity contribution in [2.45, 2.75) is 23.9 Å².